The lowest BCUT2D eigenvalue weighted by Gasteiger charge is -2.32. The molecule has 1 saturated heterocycles. The van der Waals surface area contributed by atoms with E-state index in [1.165, 1.54) is 18.6 Å². The average molecular weight is 441 g/mol. The minimum Gasteiger partial charge on any atom is -0.355 e. The van der Waals surface area contributed by atoms with E-state index >= 15 is 0 Å². The van der Waals surface area contributed by atoms with Gasteiger partial charge in [-0.05, 0) is 48.6 Å². The summed E-state index contributed by atoms with van der Waals surface area (Å²) in [4.78, 5) is 2.26. The van der Waals surface area contributed by atoms with Gasteiger partial charge in [-0.15, -0.1) is 10.2 Å². The highest BCUT2D eigenvalue weighted by Gasteiger charge is 2.21. The third-order valence-electron chi connectivity index (χ3n) is 6.59. The topological polar surface area (TPSA) is 70.6 Å². The molecular weight excluding hydrogens is 415 g/mol. The van der Waals surface area contributed by atoms with Gasteiger partial charge in [0.15, 0.2) is 5.82 Å². The second-order valence-electron chi connectivity index (χ2n) is 8.69. The van der Waals surface area contributed by atoms with Crippen molar-refractivity contribution in [2.45, 2.75) is 26.2 Å². The summed E-state index contributed by atoms with van der Waals surface area (Å²) in [6.07, 6.45) is 5.43. The van der Waals surface area contributed by atoms with Gasteiger partial charge in [-0.25, -0.2) is 4.39 Å². The number of rotatable bonds is 4. The zero-order valence-corrected chi connectivity index (χ0v) is 18.8. The summed E-state index contributed by atoms with van der Waals surface area (Å²) in [6, 6.07) is 14.6. The molecule has 0 amide bonds. The summed E-state index contributed by atoms with van der Waals surface area (Å²) in [5.74, 6) is 1.01. The molecule has 0 bridgehead atoms. The molecule has 0 unspecified atom stereocenters. The predicted molar refractivity (Wildman–Crippen MR) is 127 cm³/mol. The quantitative estimate of drug-likeness (QED) is 0.429. The SMILES string of the molecule is CCC1CCN(c2cc(-c3ccc(C#N)c(F)c3)c(-c3ccc4cn(C)nc4c3)nn2)CC1. The van der Waals surface area contributed by atoms with Crippen molar-refractivity contribution in [2.24, 2.45) is 13.0 Å². The van der Waals surface area contributed by atoms with Gasteiger partial charge in [-0.1, -0.05) is 31.5 Å². The van der Waals surface area contributed by atoms with Crippen molar-refractivity contribution in [3.05, 3.63) is 60.0 Å². The van der Waals surface area contributed by atoms with Crippen molar-refractivity contribution in [3.8, 4) is 28.5 Å². The summed E-state index contributed by atoms with van der Waals surface area (Å²) in [7, 11) is 1.89. The number of hydrogen-bond acceptors (Lipinski definition) is 5. The number of hydrogen-bond donors (Lipinski definition) is 0. The minimum atomic E-state index is -0.539. The molecule has 0 spiro atoms. The number of nitriles is 1. The van der Waals surface area contributed by atoms with Crippen molar-refractivity contribution in [3.63, 3.8) is 0 Å². The normalized spacial score (nSPS) is 14.5. The first-order valence-corrected chi connectivity index (χ1v) is 11.3. The lowest BCUT2D eigenvalue weighted by atomic mass is 9.94. The maximum Gasteiger partial charge on any atom is 0.151 e. The smallest absolute Gasteiger partial charge is 0.151 e. The number of benzene rings is 2. The molecule has 6 nitrogen and oxygen atoms in total. The predicted octanol–water partition coefficient (Wildman–Crippen LogP) is 5.33. The fourth-order valence-electron chi connectivity index (χ4n) is 4.60. The van der Waals surface area contributed by atoms with E-state index in [2.05, 4.69) is 27.1 Å². The zero-order valence-electron chi connectivity index (χ0n) is 18.8. The Morgan fingerprint density at radius 3 is 2.58 bits per heavy atom. The molecule has 1 aliphatic heterocycles. The van der Waals surface area contributed by atoms with Crippen molar-refractivity contribution < 1.29 is 4.39 Å². The van der Waals surface area contributed by atoms with E-state index in [1.807, 2.05) is 43.6 Å². The van der Waals surface area contributed by atoms with Crippen LogP contribution in [-0.2, 0) is 7.05 Å². The molecule has 4 aromatic rings. The maximum absolute atomic E-state index is 14.5. The molecule has 1 fully saturated rings. The molecule has 0 N–H and O–H groups in total. The van der Waals surface area contributed by atoms with Crippen LogP contribution in [0.25, 0.3) is 33.3 Å². The van der Waals surface area contributed by atoms with Crippen LogP contribution in [0.3, 0.4) is 0 Å². The summed E-state index contributed by atoms with van der Waals surface area (Å²) in [5.41, 5.74) is 3.88. The molecule has 5 rings (SSSR count). The zero-order chi connectivity index (χ0) is 22.9. The van der Waals surface area contributed by atoms with Crippen molar-refractivity contribution >= 4 is 16.7 Å². The lowest BCUT2D eigenvalue weighted by Crippen LogP contribution is -2.34. The molecule has 0 saturated carbocycles. The van der Waals surface area contributed by atoms with Crippen LogP contribution < -0.4 is 4.90 Å². The van der Waals surface area contributed by atoms with Gasteiger partial charge in [0.2, 0.25) is 0 Å². The van der Waals surface area contributed by atoms with Crippen LogP contribution in [0, 0.1) is 23.1 Å². The van der Waals surface area contributed by atoms with Gasteiger partial charge in [0.1, 0.15) is 17.6 Å². The third kappa shape index (κ3) is 4.05. The van der Waals surface area contributed by atoms with E-state index in [9.17, 15) is 4.39 Å². The Morgan fingerprint density at radius 1 is 1.06 bits per heavy atom. The number of aromatic nitrogens is 4. The molecule has 7 heteroatoms. The first-order chi connectivity index (χ1) is 16.1. The first kappa shape index (κ1) is 21.1. The van der Waals surface area contributed by atoms with Crippen molar-refractivity contribution in [1.82, 2.24) is 20.0 Å². The van der Waals surface area contributed by atoms with Gasteiger partial charge in [0, 0.05) is 42.8 Å². The third-order valence-corrected chi connectivity index (χ3v) is 6.59. The molecule has 2 aromatic heterocycles. The second kappa shape index (κ2) is 8.62. The number of nitrogens with zero attached hydrogens (tertiary/aromatic N) is 6. The maximum atomic E-state index is 14.5. The number of halogens is 1. The molecular formula is C26H25FN6. The molecule has 1 aliphatic rings. The van der Waals surface area contributed by atoms with E-state index in [4.69, 9.17) is 5.26 Å². The number of fused-ring (bicyclic) bond motifs is 1. The van der Waals surface area contributed by atoms with E-state index in [-0.39, 0.29) is 5.56 Å². The second-order valence-corrected chi connectivity index (χ2v) is 8.69. The van der Waals surface area contributed by atoms with Crippen LogP contribution in [0.1, 0.15) is 31.7 Å². The average Bonchev–Trinajstić information content (AvgIpc) is 3.23. The van der Waals surface area contributed by atoms with Crippen LogP contribution in [-0.4, -0.2) is 33.1 Å². The highest BCUT2D eigenvalue weighted by atomic mass is 19.1. The van der Waals surface area contributed by atoms with E-state index in [0.29, 0.717) is 11.3 Å². The Labute approximate surface area is 192 Å². The van der Waals surface area contributed by atoms with Gasteiger partial charge in [0.25, 0.3) is 0 Å². The van der Waals surface area contributed by atoms with E-state index < -0.39 is 5.82 Å². The summed E-state index contributed by atoms with van der Waals surface area (Å²) >= 11 is 0. The fraction of sp³-hybridized carbons (Fsp3) is 0.308. The molecule has 3 heterocycles. The molecule has 0 atom stereocenters. The minimum absolute atomic E-state index is 0.0269. The highest BCUT2D eigenvalue weighted by molar-refractivity contribution is 5.88. The van der Waals surface area contributed by atoms with Crippen LogP contribution in [0.15, 0.2) is 48.7 Å². The molecule has 2 aromatic carbocycles. The standard InChI is InChI=1S/C26H25FN6/c1-3-17-8-10-33(11-9-17)25-14-22(18-4-6-20(15-28)23(27)12-18)26(30-29-25)19-5-7-21-16-32(2)31-24(21)13-19/h4-7,12-14,16-17H,3,8-11H2,1-2H3. The van der Waals surface area contributed by atoms with Crippen LogP contribution >= 0.6 is 0 Å². The van der Waals surface area contributed by atoms with Gasteiger partial charge in [0.05, 0.1) is 11.1 Å². The molecule has 0 aliphatic carbocycles. The molecule has 166 valence electrons. The number of piperidine rings is 1. The largest absolute Gasteiger partial charge is 0.355 e. The van der Waals surface area contributed by atoms with Gasteiger partial charge in [-0.3, -0.25) is 4.68 Å². The first-order valence-electron chi connectivity index (χ1n) is 11.3. The van der Waals surface area contributed by atoms with E-state index in [0.717, 1.165) is 59.7 Å². The number of aryl methyl sites for hydroxylation is 1. The van der Waals surface area contributed by atoms with Crippen molar-refractivity contribution in [2.75, 3.05) is 18.0 Å². The Hall–Kier alpha value is -3.79. The Morgan fingerprint density at radius 2 is 1.85 bits per heavy atom. The van der Waals surface area contributed by atoms with Crippen LogP contribution in [0.2, 0.25) is 0 Å². The van der Waals surface area contributed by atoms with E-state index in [1.54, 1.807) is 10.7 Å². The molecule has 0 radical (unpaired) electrons. The lowest BCUT2D eigenvalue weighted by molar-refractivity contribution is 0.393. The highest BCUT2D eigenvalue weighted by Crippen LogP contribution is 2.35. The Bertz CT molecular complexity index is 1360. The van der Waals surface area contributed by atoms with Gasteiger partial charge in [-0.2, -0.15) is 10.4 Å². The van der Waals surface area contributed by atoms with Crippen molar-refractivity contribution in [1.29, 1.82) is 5.26 Å². The van der Waals surface area contributed by atoms with Gasteiger partial charge >= 0.3 is 0 Å². The summed E-state index contributed by atoms with van der Waals surface area (Å²) in [6.45, 7) is 4.12. The van der Waals surface area contributed by atoms with Gasteiger partial charge < -0.3 is 4.90 Å². The summed E-state index contributed by atoms with van der Waals surface area (Å²) in [5, 5.41) is 23.9. The number of anilines is 1. The Balaban J connectivity index is 1.61. The van der Waals surface area contributed by atoms with Crippen LogP contribution in [0.4, 0.5) is 10.2 Å². The monoisotopic (exact) mass is 440 g/mol. The molecule has 33 heavy (non-hydrogen) atoms. The Kier molecular flexibility index (Phi) is 5.51. The summed E-state index contributed by atoms with van der Waals surface area (Å²) < 4.78 is 16.3. The fourth-order valence-corrected chi connectivity index (χ4v) is 4.60. The van der Waals surface area contributed by atoms with Crippen LogP contribution in [0.5, 0.6) is 0 Å².